The van der Waals surface area contributed by atoms with E-state index in [9.17, 15) is 0 Å². The maximum atomic E-state index is 5.91. The van der Waals surface area contributed by atoms with Crippen LogP contribution in [-0.2, 0) is 6.54 Å². The van der Waals surface area contributed by atoms with E-state index in [1.54, 1.807) is 0 Å². The summed E-state index contributed by atoms with van der Waals surface area (Å²) in [7, 11) is 0. The normalized spacial score (nSPS) is 11.7. The van der Waals surface area contributed by atoms with Gasteiger partial charge in [0, 0.05) is 16.6 Å². The number of halogens is 2. The monoisotopic (exact) mass is 347 g/mol. The summed E-state index contributed by atoms with van der Waals surface area (Å²) in [6, 6.07) is 22.3. The summed E-state index contributed by atoms with van der Waals surface area (Å²) >= 11 is 5.91. The molecule has 120 valence electrons. The van der Waals surface area contributed by atoms with Crippen molar-refractivity contribution in [3.05, 3.63) is 83.1 Å². The van der Waals surface area contributed by atoms with Gasteiger partial charge in [-0.15, -0.1) is 12.4 Å². The van der Waals surface area contributed by atoms with Crippen molar-refractivity contribution in [2.45, 2.75) is 19.5 Å². The fraction of sp³-hybridized carbons (Fsp3) is 0.158. The van der Waals surface area contributed by atoms with E-state index in [1.807, 2.05) is 42.5 Å². The molecule has 1 atom stereocenters. The smallest absolute Gasteiger partial charge is 0.134 e. The van der Waals surface area contributed by atoms with Crippen LogP contribution in [0.2, 0.25) is 5.02 Å². The zero-order valence-corrected chi connectivity index (χ0v) is 14.4. The van der Waals surface area contributed by atoms with Gasteiger partial charge < -0.3 is 9.73 Å². The van der Waals surface area contributed by atoms with Crippen molar-refractivity contribution in [3.63, 3.8) is 0 Å². The van der Waals surface area contributed by atoms with Crippen LogP contribution < -0.4 is 5.32 Å². The van der Waals surface area contributed by atoms with Gasteiger partial charge in [0.25, 0.3) is 0 Å². The molecular formula is C19H19Cl2NO. The van der Waals surface area contributed by atoms with Gasteiger partial charge in [0.2, 0.25) is 0 Å². The van der Waals surface area contributed by atoms with Gasteiger partial charge in [-0.2, -0.15) is 0 Å². The topological polar surface area (TPSA) is 25.2 Å². The first-order valence-corrected chi connectivity index (χ1v) is 7.73. The van der Waals surface area contributed by atoms with Crippen LogP contribution in [0.4, 0.5) is 0 Å². The summed E-state index contributed by atoms with van der Waals surface area (Å²) in [5.74, 6) is 1.79. The van der Waals surface area contributed by atoms with Crippen molar-refractivity contribution < 1.29 is 4.42 Å². The minimum absolute atomic E-state index is 0. The Labute approximate surface area is 147 Å². The summed E-state index contributed by atoms with van der Waals surface area (Å²) in [6.07, 6.45) is 0. The third kappa shape index (κ3) is 4.61. The van der Waals surface area contributed by atoms with Crippen LogP contribution in [0.5, 0.6) is 0 Å². The molecule has 1 heterocycles. The summed E-state index contributed by atoms with van der Waals surface area (Å²) < 4.78 is 5.89. The molecule has 0 saturated heterocycles. The Morgan fingerprint density at radius 1 is 0.957 bits per heavy atom. The molecular weight excluding hydrogens is 329 g/mol. The third-order valence-corrected chi connectivity index (χ3v) is 3.92. The van der Waals surface area contributed by atoms with Gasteiger partial charge in [-0.25, -0.2) is 0 Å². The van der Waals surface area contributed by atoms with Crippen molar-refractivity contribution in [2.24, 2.45) is 0 Å². The standard InChI is InChI=1S/C19H18ClNO.ClH/c1-14(15-5-3-2-4-6-15)21-13-18-11-12-19(22-18)16-7-9-17(20)10-8-16;/h2-12,14,21H,13H2,1H3;1H. The lowest BCUT2D eigenvalue weighted by Crippen LogP contribution is -2.17. The molecule has 0 radical (unpaired) electrons. The Balaban J connectivity index is 0.00000192. The van der Waals surface area contributed by atoms with Crippen LogP contribution in [0.25, 0.3) is 11.3 Å². The highest BCUT2D eigenvalue weighted by Gasteiger charge is 2.08. The first-order valence-electron chi connectivity index (χ1n) is 7.35. The maximum Gasteiger partial charge on any atom is 0.134 e. The van der Waals surface area contributed by atoms with Gasteiger partial charge in [0.15, 0.2) is 0 Å². The Hall–Kier alpha value is -1.74. The molecule has 1 aromatic heterocycles. The van der Waals surface area contributed by atoms with E-state index in [-0.39, 0.29) is 18.4 Å². The molecule has 2 aromatic carbocycles. The fourth-order valence-electron chi connectivity index (χ4n) is 2.36. The van der Waals surface area contributed by atoms with Crippen LogP contribution in [0.1, 0.15) is 24.3 Å². The molecule has 0 aliphatic rings. The number of furan rings is 1. The molecule has 0 bridgehead atoms. The van der Waals surface area contributed by atoms with Gasteiger partial charge in [0.1, 0.15) is 11.5 Å². The number of nitrogens with one attached hydrogen (secondary N) is 1. The second-order valence-corrected chi connectivity index (χ2v) is 5.72. The minimum atomic E-state index is 0. The van der Waals surface area contributed by atoms with Crippen molar-refractivity contribution in [2.75, 3.05) is 0 Å². The van der Waals surface area contributed by atoms with Gasteiger partial charge in [-0.1, -0.05) is 41.9 Å². The van der Waals surface area contributed by atoms with Gasteiger partial charge >= 0.3 is 0 Å². The van der Waals surface area contributed by atoms with E-state index in [0.717, 1.165) is 22.1 Å². The average Bonchev–Trinajstić information content (AvgIpc) is 3.03. The molecule has 1 unspecified atom stereocenters. The molecule has 0 spiro atoms. The Morgan fingerprint density at radius 2 is 1.65 bits per heavy atom. The number of rotatable bonds is 5. The lowest BCUT2D eigenvalue weighted by molar-refractivity contribution is 0.468. The van der Waals surface area contributed by atoms with Gasteiger partial charge in [0.05, 0.1) is 6.54 Å². The number of hydrogen-bond acceptors (Lipinski definition) is 2. The maximum absolute atomic E-state index is 5.91. The number of benzene rings is 2. The Morgan fingerprint density at radius 3 is 2.35 bits per heavy atom. The predicted molar refractivity (Wildman–Crippen MR) is 98.1 cm³/mol. The second-order valence-electron chi connectivity index (χ2n) is 5.29. The van der Waals surface area contributed by atoms with Crippen molar-refractivity contribution in [1.29, 1.82) is 0 Å². The molecule has 0 aliphatic carbocycles. The van der Waals surface area contributed by atoms with Gasteiger partial charge in [-0.05, 0) is 48.9 Å². The van der Waals surface area contributed by atoms with Gasteiger partial charge in [-0.3, -0.25) is 0 Å². The predicted octanol–water partition coefficient (Wildman–Crippen LogP) is 5.87. The number of hydrogen-bond donors (Lipinski definition) is 1. The van der Waals surface area contributed by atoms with Crippen LogP contribution in [-0.4, -0.2) is 0 Å². The highest BCUT2D eigenvalue weighted by Crippen LogP contribution is 2.24. The molecule has 0 aliphatic heterocycles. The van der Waals surface area contributed by atoms with Crippen LogP contribution >= 0.6 is 24.0 Å². The summed E-state index contributed by atoms with van der Waals surface area (Å²) in [6.45, 7) is 2.85. The van der Waals surface area contributed by atoms with Crippen LogP contribution in [0.15, 0.2) is 71.1 Å². The fourth-order valence-corrected chi connectivity index (χ4v) is 2.48. The molecule has 0 saturated carbocycles. The highest BCUT2D eigenvalue weighted by molar-refractivity contribution is 6.30. The SMILES string of the molecule is CC(NCc1ccc(-c2ccc(Cl)cc2)o1)c1ccccc1.Cl. The molecule has 0 amide bonds. The minimum Gasteiger partial charge on any atom is -0.460 e. The zero-order chi connectivity index (χ0) is 15.4. The van der Waals surface area contributed by atoms with Crippen molar-refractivity contribution in [3.8, 4) is 11.3 Å². The van der Waals surface area contributed by atoms with E-state index >= 15 is 0 Å². The lowest BCUT2D eigenvalue weighted by Gasteiger charge is -2.12. The summed E-state index contributed by atoms with van der Waals surface area (Å²) in [5.41, 5.74) is 2.30. The lowest BCUT2D eigenvalue weighted by atomic mass is 10.1. The first kappa shape index (κ1) is 17.6. The van der Waals surface area contributed by atoms with E-state index < -0.39 is 0 Å². The molecule has 4 heteroatoms. The Kier molecular flexibility index (Phi) is 6.28. The summed E-state index contributed by atoms with van der Waals surface area (Å²) in [4.78, 5) is 0. The first-order chi connectivity index (χ1) is 10.7. The van der Waals surface area contributed by atoms with Crippen molar-refractivity contribution >= 4 is 24.0 Å². The summed E-state index contributed by atoms with van der Waals surface area (Å²) in [5, 5.41) is 4.20. The average molecular weight is 348 g/mol. The highest BCUT2D eigenvalue weighted by atomic mass is 35.5. The van der Waals surface area contributed by atoms with Crippen LogP contribution in [0.3, 0.4) is 0 Å². The quantitative estimate of drug-likeness (QED) is 0.623. The third-order valence-electron chi connectivity index (χ3n) is 3.67. The van der Waals surface area contributed by atoms with E-state index in [2.05, 4.69) is 36.5 Å². The molecule has 1 N–H and O–H groups in total. The Bertz CT molecular complexity index is 723. The van der Waals surface area contributed by atoms with Crippen LogP contribution in [0, 0.1) is 0 Å². The van der Waals surface area contributed by atoms with Crippen molar-refractivity contribution in [1.82, 2.24) is 5.32 Å². The molecule has 23 heavy (non-hydrogen) atoms. The molecule has 0 fully saturated rings. The zero-order valence-electron chi connectivity index (χ0n) is 12.8. The van der Waals surface area contributed by atoms with E-state index in [0.29, 0.717) is 6.54 Å². The molecule has 2 nitrogen and oxygen atoms in total. The second kappa shape index (κ2) is 8.21. The largest absolute Gasteiger partial charge is 0.460 e. The molecule has 3 aromatic rings. The van der Waals surface area contributed by atoms with E-state index in [4.69, 9.17) is 16.0 Å². The van der Waals surface area contributed by atoms with E-state index in [1.165, 1.54) is 5.56 Å². The molecule has 3 rings (SSSR count).